The van der Waals surface area contributed by atoms with Crippen LogP contribution < -0.4 is 10.2 Å². The van der Waals surface area contributed by atoms with Gasteiger partial charge in [0.1, 0.15) is 0 Å². The number of anilines is 1. The topological polar surface area (TPSA) is 34.3 Å². The Morgan fingerprint density at radius 2 is 2.23 bits per heavy atom. The van der Waals surface area contributed by atoms with Crippen molar-refractivity contribution >= 4 is 39.5 Å². The molecule has 3 rings (SSSR count). The molecule has 1 aromatic heterocycles. The smallest absolute Gasteiger partial charge is 0.172 e. The molecule has 0 radical (unpaired) electrons. The summed E-state index contributed by atoms with van der Waals surface area (Å²) in [6.07, 6.45) is 5.56. The van der Waals surface area contributed by atoms with E-state index in [0.29, 0.717) is 0 Å². The molecule has 0 unspecified atom stereocenters. The van der Waals surface area contributed by atoms with Gasteiger partial charge in [-0.25, -0.2) is 0 Å². The van der Waals surface area contributed by atoms with E-state index in [9.17, 15) is 0 Å². The number of likely N-dealkylation sites (N-methyl/N-ethyl adjacent to an activating group) is 1. The van der Waals surface area contributed by atoms with Crippen LogP contribution in [0.3, 0.4) is 0 Å². The second-order valence-corrected chi connectivity index (χ2v) is 6.17. The van der Waals surface area contributed by atoms with Gasteiger partial charge in [0.2, 0.25) is 0 Å². The number of H-pyrrole nitrogens is 1. The maximum atomic E-state index is 5.32. The van der Waals surface area contributed by atoms with E-state index < -0.39 is 0 Å². The quantitative estimate of drug-likeness (QED) is 0.836. The summed E-state index contributed by atoms with van der Waals surface area (Å²) in [5.41, 5.74) is 5.01. The van der Waals surface area contributed by atoms with Gasteiger partial charge in [-0.05, 0) is 49.5 Å². The molecule has 0 amide bonds. The minimum Gasteiger partial charge on any atom is -0.365 e. The lowest BCUT2D eigenvalue weighted by molar-refractivity contribution is 0.370. The van der Waals surface area contributed by atoms with Gasteiger partial charge in [0.15, 0.2) is 5.11 Å². The van der Waals surface area contributed by atoms with E-state index in [0.717, 1.165) is 30.3 Å². The molecule has 5 heteroatoms. The number of thiocarbonyl (C=S) groups is 1. The van der Waals surface area contributed by atoms with Crippen LogP contribution in [0.2, 0.25) is 0 Å². The van der Waals surface area contributed by atoms with Crippen molar-refractivity contribution in [3.05, 3.63) is 36.0 Å². The molecule has 116 valence electrons. The van der Waals surface area contributed by atoms with E-state index in [1.165, 1.54) is 22.0 Å². The number of nitrogens with one attached hydrogen (secondary N) is 2. The third kappa shape index (κ3) is 2.74. The number of hydrogen-bond acceptors (Lipinski definition) is 2. The predicted molar refractivity (Wildman–Crippen MR) is 98.5 cm³/mol. The average Bonchev–Trinajstić information content (AvgIpc) is 2.97. The average molecular weight is 314 g/mol. The Labute approximate surface area is 136 Å². The molecule has 0 fully saturated rings. The van der Waals surface area contributed by atoms with Crippen LogP contribution in [-0.2, 0) is 0 Å². The second kappa shape index (κ2) is 6.10. The number of aromatic nitrogens is 1. The summed E-state index contributed by atoms with van der Waals surface area (Å²) >= 11 is 5.32. The van der Waals surface area contributed by atoms with Crippen LogP contribution >= 0.6 is 12.2 Å². The Morgan fingerprint density at radius 1 is 1.41 bits per heavy atom. The lowest BCUT2D eigenvalue weighted by atomic mass is 9.99. The van der Waals surface area contributed by atoms with E-state index in [4.69, 9.17) is 12.2 Å². The van der Waals surface area contributed by atoms with Crippen molar-refractivity contribution in [2.75, 3.05) is 39.1 Å². The highest BCUT2D eigenvalue weighted by atomic mass is 32.1. The van der Waals surface area contributed by atoms with Gasteiger partial charge in [-0.1, -0.05) is 6.08 Å². The van der Waals surface area contributed by atoms with E-state index >= 15 is 0 Å². The molecule has 1 aromatic carbocycles. The minimum atomic E-state index is 0.718. The summed E-state index contributed by atoms with van der Waals surface area (Å²) in [5, 5.41) is 5.00. The summed E-state index contributed by atoms with van der Waals surface area (Å²) in [7, 11) is 6.00. The predicted octanol–water partition coefficient (Wildman–Crippen LogP) is 2.83. The molecule has 0 atom stereocenters. The Morgan fingerprint density at radius 3 is 2.91 bits per heavy atom. The Bertz CT molecular complexity index is 731. The van der Waals surface area contributed by atoms with E-state index in [1.54, 1.807) is 0 Å². The number of rotatable bonds is 2. The summed E-state index contributed by atoms with van der Waals surface area (Å²) in [5.74, 6) is 0. The maximum absolute atomic E-state index is 5.32. The van der Waals surface area contributed by atoms with Crippen molar-refractivity contribution in [2.45, 2.75) is 6.42 Å². The Kier molecular flexibility index (Phi) is 4.18. The first-order valence-corrected chi connectivity index (χ1v) is 7.95. The molecule has 2 N–H and O–H groups in total. The molecule has 1 aliphatic heterocycles. The van der Waals surface area contributed by atoms with E-state index in [-0.39, 0.29) is 0 Å². The van der Waals surface area contributed by atoms with Gasteiger partial charge >= 0.3 is 0 Å². The Balaban J connectivity index is 2.00. The first-order valence-electron chi connectivity index (χ1n) is 7.54. The highest BCUT2D eigenvalue weighted by molar-refractivity contribution is 7.80. The van der Waals surface area contributed by atoms with Gasteiger partial charge in [0.25, 0.3) is 0 Å². The van der Waals surface area contributed by atoms with Gasteiger partial charge in [-0.3, -0.25) is 0 Å². The largest absolute Gasteiger partial charge is 0.365 e. The van der Waals surface area contributed by atoms with Crippen LogP contribution in [0.1, 0.15) is 12.0 Å². The zero-order chi connectivity index (χ0) is 15.7. The monoisotopic (exact) mass is 314 g/mol. The van der Waals surface area contributed by atoms with Crippen molar-refractivity contribution < 1.29 is 0 Å². The number of fused-ring (bicyclic) bond motifs is 1. The fourth-order valence-electron chi connectivity index (χ4n) is 2.88. The van der Waals surface area contributed by atoms with Crippen molar-refractivity contribution in [1.29, 1.82) is 0 Å². The second-order valence-electron chi connectivity index (χ2n) is 5.79. The molecular weight excluding hydrogens is 292 g/mol. The fraction of sp³-hybridized carbons (Fsp3) is 0.353. The maximum Gasteiger partial charge on any atom is 0.172 e. The zero-order valence-corrected chi connectivity index (χ0v) is 14.1. The summed E-state index contributed by atoms with van der Waals surface area (Å²) in [4.78, 5) is 7.72. The lowest BCUT2D eigenvalue weighted by Crippen LogP contribution is -2.34. The van der Waals surface area contributed by atoms with Crippen LogP contribution in [0.25, 0.3) is 16.5 Å². The van der Waals surface area contributed by atoms with Crippen LogP contribution in [0.4, 0.5) is 5.69 Å². The number of benzene rings is 1. The van der Waals surface area contributed by atoms with Crippen LogP contribution in [0, 0.1) is 0 Å². The Hall–Kier alpha value is -1.85. The minimum absolute atomic E-state index is 0.718. The SMILES string of the molecule is CNC(=S)N(C)c1ccc2[nH]cc(C3=CCN(C)CC3)c2c1. The first kappa shape index (κ1) is 15.1. The van der Waals surface area contributed by atoms with Crippen molar-refractivity contribution in [1.82, 2.24) is 15.2 Å². The molecule has 0 aliphatic carbocycles. The molecule has 0 bridgehead atoms. The summed E-state index contributed by atoms with van der Waals surface area (Å²) in [6, 6.07) is 6.43. The molecule has 22 heavy (non-hydrogen) atoms. The van der Waals surface area contributed by atoms with Crippen LogP contribution in [0.5, 0.6) is 0 Å². The van der Waals surface area contributed by atoms with E-state index in [1.807, 2.05) is 19.0 Å². The number of hydrogen-bond donors (Lipinski definition) is 2. The van der Waals surface area contributed by atoms with Gasteiger partial charge in [0, 0.05) is 55.5 Å². The fourth-order valence-corrected chi connectivity index (χ4v) is 2.99. The highest BCUT2D eigenvalue weighted by Crippen LogP contribution is 2.31. The molecule has 1 aliphatic rings. The first-order chi connectivity index (χ1) is 10.6. The van der Waals surface area contributed by atoms with Crippen molar-refractivity contribution in [3.8, 4) is 0 Å². The highest BCUT2D eigenvalue weighted by Gasteiger charge is 2.14. The van der Waals surface area contributed by atoms with Crippen molar-refractivity contribution in [3.63, 3.8) is 0 Å². The third-order valence-electron chi connectivity index (χ3n) is 4.33. The van der Waals surface area contributed by atoms with Gasteiger partial charge in [0.05, 0.1) is 0 Å². The lowest BCUT2D eigenvalue weighted by Gasteiger charge is -2.22. The molecule has 0 saturated heterocycles. The molecule has 0 spiro atoms. The van der Waals surface area contributed by atoms with Crippen molar-refractivity contribution in [2.24, 2.45) is 0 Å². The van der Waals surface area contributed by atoms with Gasteiger partial charge in [-0.2, -0.15) is 0 Å². The normalized spacial score (nSPS) is 15.7. The van der Waals surface area contributed by atoms with Crippen LogP contribution in [0.15, 0.2) is 30.5 Å². The summed E-state index contributed by atoms with van der Waals surface area (Å²) < 4.78 is 0. The van der Waals surface area contributed by atoms with Gasteiger partial charge in [-0.15, -0.1) is 0 Å². The molecular formula is C17H22N4S. The number of nitrogens with zero attached hydrogens (tertiary/aromatic N) is 2. The van der Waals surface area contributed by atoms with Gasteiger partial charge < -0.3 is 20.1 Å². The molecule has 2 heterocycles. The molecule has 4 nitrogen and oxygen atoms in total. The standard InChI is InChI=1S/C17H22N4S/c1-18-17(22)21(3)13-4-5-16-14(10-13)15(11-19-16)12-6-8-20(2)9-7-12/h4-6,10-11,19H,7-9H2,1-3H3,(H,18,22). The van der Waals surface area contributed by atoms with Crippen LogP contribution in [-0.4, -0.2) is 49.2 Å². The molecule has 2 aromatic rings. The van der Waals surface area contributed by atoms with E-state index in [2.05, 4.69) is 52.7 Å². The number of aromatic amines is 1. The molecule has 0 saturated carbocycles. The third-order valence-corrected chi connectivity index (χ3v) is 4.81. The zero-order valence-electron chi connectivity index (χ0n) is 13.3. The summed E-state index contributed by atoms with van der Waals surface area (Å²) in [6.45, 7) is 2.13.